The third-order valence-corrected chi connectivity index (χ3v) is 6.96. The van der Waals surface area contributed by atoms with Crippen molar-refractivity contribution in [3.63, 3.8) is 0 Å². The second-order valence-corrected chi connectivity index (χ2v) is 11.0. The molecule has 9 nitrogen and oxygen atoms in total. The fraction of sp³-hybridized carbons (Fsp3) is 0.783. The van der Waals surface area contributed by atoms with E-state index in [4.69, 9.17) is 4.42 Å². The summed E-state index contributed by atoms with van der Waals surface area (Å²) >= 11 is 1.39. The molecule has 2 aliphatic rings. The fourth-order valence-electron chi connectivity index (χ4n) is 4.08. The van der Waals surface area contributed by atoms with E-state index in [0.29, 0.717) is 24.5 Å². The lowest BCUT2D eigenvalue weighted by Gasteiger charge is -2.37. The Hall–Kier alpha value is -1.65. The molecule has 1 unspecified atom stereocenters. The van der Waals surface area contributed by atoms with Crippen LogP contribution in [0, 0.1) is 11.8 Å². The van der Waals surface area contributed by atoms with Crippen LogP contribution in [0.15, 0.2) is 9.64 Å². The van der Waals surface area contributed by atoms with Crippen LogP contribution in [-0.4, -0.2) is 70.7 Å². The predicted molar refractivity (Wildman–Crippen MR) is 133 cm³/mol. The van der Waals surface area contributed by atoms with Crippen molar-refractivity contribution < 1.29 is 18.8 Å². The van der Waals surface area contributed by atoms with Gasteiger partial charge in [-0.05, 0) is 52.1 Å². The molecule has 2 fully saturated rings. The van der Waals surface area contributed by atoms with Crippen LogP contribution in [0.3, 0.4) is 0 Å². The number of hydrogen-bond acceptors (Lipinski definition) is 8. The van der Waals surface area contributed by atoms with Crippen molar-refractivity contribution in [1.29, 1.82) is 0 Å². The van der Waals surface area contributed by atoms with E-state index in [1.54, 1.807) is 0 Å². The average molecular weight is 516 g/mol. The van der Waals surface area contributed by atoms with E-state index in [9.17, 15) is 14.4 Å². The van der Waals surface area contributed by atoms with Crippen molar-refractivity contribution in [2.45, 2.75) is 82.0 Å². The minimum absolute atomic E-state index is 0. The second kappa shape index (κ2) is 12.9. The first-order chi connectivity index (χ1) is 15.7. The Kier molecular flexibility index (Phi) is 10.8. The summed E-state index contributed by atoms with van der Waals surface area (Å²) < 4.78 is 5.60. The number of carbonyl (C=O) groups is 3. The van der Waals surface area contributed by atoms with Crippen LogP contribution < -0.4 is 10.6 Å². The summed E-state index contributed by atoms with van der Waals surface area (Å²) in [4.78, 5) is 41.3. The number of hydrogen-bond donors (Lipinski definition) is 2. The van der Waals surface area contributed by atoms with Crippen molar-refractivity contribution in [2.75, 3.05) is 26.4 Å². The molecule has 11 heteroatoms. The standard InChI is InChI=1S/C23H37N5O4S.ClH/c1-15(2)14-17(18(29)20-26-27-22(32-20)33-13-12-28(3)4)24-21(31)23(10-6-5-7-11-23)25-19(30)16-8-9-16;/h15-17H,5-14H2,1-4H3,(H,24,31)(H,25,30);1H. The van der Waals surface area contributed by atoms with Gasteiger partial charge in [-0.15, -0.1) is 22.6 Å². The molecular weight excluding hydrogens is 478 g/mol. The summed E-state index contributed by atoms with van der Waals surface area (Å²) in [5, 5.41) is 14.3. The van der Waals surface area contributed by atoms with Gasteiger partial charge in [-0.25, -0.2) is 0 Å². The first kappa shape index (κ1) is 28.6. The van der Waals surface area contributed by atoms with Crippen LogP contribution in [0.5, 0.6) is 0 Å². The Bertz CT molecular complexity index is 837. The van der Waals surface area contributed by atoms with Crippen molar-refractivity contribution >= 4 is 41.8 Å². The van der Waals surface area contributed by atoms with Gasteiger partial charge in [0, 0.05) is 18.2 Å². The van der Waals surface area contributed by atoms with Crippen molar-refractivity contribution in [3.8, 4) is 0 Å². The summed E-state index contributed by atoms with van der Waals surface area (Å²) in [5.74, 6) is 0.144. The van der Waals surface area contributed by atoms with E-state index in [2.05, 4.69) is 20.8 Å². The van der Waals surface area contributed by atoms with Gasteiger partial charge in [0.25, 0.3) is 11.1 Å². The van der Waals surface area contributed by atoms with Crippen LogP contribution in [0.25, 0.3) is 0 Å². The lowest BCUT2D eigenvalue weighted by molar-refractivity contribution is -0.136. The smallest absolute Gasteiger partial charge is 0.286 e. The van der Waals surface area contributed by atoms with Gasteiger partial charge in [0.05, 0.1) is 6.04 Å². The molecule has 0 radical (unpaired) electrons. The molecule has 1 aromatic rings. The number of nitrogens with one attached hydrogen (secondary N) is 2. The number of ketones is 1. The highest BCUT2D eigenvalue weighted by molar-refractivity contribution is 7.99. The SMILES string of the molecule is CC(C)CC(NC(=O)C1(NC(=O)C2CC2)CCCCC1)C(=O)c1nnc(SCCN(C)C)o1.Cl. The number of rotatable bonds is 12. The third kappa shape index (κ3) is 7.95. The molecule has 0 aliphatic heterocycles. The molecule has 0 aromatic carbocycles. The number of Topliss-reactive ketones (excluding diaryl/α,β-unsaturated/α-hetero) is 1. The number of nitrogens with zero attached hydrogens (tertiary/aromatic N) is 3. The summed E-state index contributed by atoms with van der Waals surface area (Å²) in [6.45, 7) is 4.83. The third-order valence-electron chi connectivity index (χ3n) is 6.16. The highest BCUT2D eigenvalue weighted by Gasteiger charge is 2.45. The van der Waals surface area contributed by atoms with E-state index in [1.807, 2.05) is 32.8 Å². The normalized spacial score (nSPS) is 18.3. The molecule has 0 saturated heterocycles. The number of thioether (sulfide) groups is 1. The Balaban J connectivity index is 0.00000408. The molecule has 1 heterocycles. The maximum Gasteiger partial charge on any atom is 0.286 e. The highest BCUT2D eigenvalue weighted by atomic mass is 35.5. The Morgan fingerprint density at radius 3 is 2.41 bits per heavy atom. The van der Waals surface area contributed by atoms with Gasteiger partial charge in [0.1, 0.15) is 5.54 Å². The molecule has 2 amide bonds. The van der Waals surface area contributed by atoms with Gasteiger partial charge in [-0.3, -0.25) is 14.4 Å². The molecule has 2 saturated carbocycles. The van der Waals surface area contributed by atoms with Crippen molar-refractivity contribution in [2.24, 2.45) is 11.8 Å². The summed E-state index contributed by atoms with van der Waals surface area (Å²) in [5.41, 5.74) is -0.949. The van der Waals surface area contributed by atoms with Crippen LogP contribution in [0.4, 0.5) is 0 Å². The summed E-state index contributed by atoms with van der Waals surface area (Å²) in [6.07, 6.45) is 6.17. The van der Waals surface area contributed by atoms with Crippen LogP contribution >= 0.6 is 24.2 Å². The predicted octanol–water partition coefficient (Wildman–Crippen LogP) is 3.09. The first-order valence-electron chi connectivity index (χ1n) is 12.0. The maximum atomic E-state index is 13.5. The van der Waals surface area contributed by atoms with E-state index in [0.717, 1.165) is 44.4 Å². The largest absolute Gasteiger partial charge is 0.408 e. The van der Waals surface area contributed by atoms with E-state index in [-0.39, 0.29) is 47.7 Å². The highest BCUT2D eigenvalue weighted by Crippen LogP contribution is 2.33. The molecule has 192 valence electrons. The number of amides is 2. The Morgan fingerprint density at radius 1 is 1.15 bits per heavy atom. The molecule has 34 heavy (non-hydrogen) atoms. The van der Waals surface area contributed by atoms with Gasteiger partial charge < -0.3 is 20.0 Å². The Labute approximate surface area is 212 Å². The van der Waals surface area contributed by atoms with Crippen LogP contribution in [-0.2, 0) is 9.59 Å². The fourth-order valence-corrected chi connectivity index (χ4v) is 4.95. The van der Waals surface area contributed by atoms with Crippen molar-refractivity contribution in [1.82, 2.24) is 25.7 Å². The minimum Gasteiger partial charge on any atom is -0.408 e. The minimum atomic E-state index is -0.949. The molecular formula is C23H38ClN5O4S. The molecule has 1 aromatic heterocycles. The molecule has 1 atom stereocenters. The topological polar surface area (TPSA) is 117 Å². The van der Waals surface area contributed by atoms with E-state index < -0.39 is 11.6 Å². The first-order valence-corrected chi connectivity index (χ1v) is 13.0. The average Bonchev–Trinajstić information content (AvgIpc) is 3.52. The molecule has 0 spiro atoms. The van der Waals surface area contributed by atoms with Gasteiger partial charge >= 0.3 is 0 Å². The zero-order chi connectivity index (χ0) is 24.0. The monoisotopic (exact) mass is 515 g/mol. The van der Waals surface area contributed by atoms with Crippen molar-refractivity contribution in [3.05, 3.63) is 5.89 Å². The lowest BCUT2D eigenvalue weighted by Crippen LogP contribution is -2.62. The molecule has 2 N–H and O–H groups in total. The second-order valence-electron chi connectivity index (χ2n) is 9.95. The maximum absolute atomic E-state index is 13.5. The summed E-state index contributed by atoms with van der Waals surface area (Å²) in [7, 11) is 3.96. The van der Waals surface area contributed by atoms with E-state index in [1.165, 1.54) is 11.8 Å². The zero-order valence-electron chi connectivity index (χ0n) is 20.6. The summed E-state index contributed by atoms with van der Waals surface area (Å²) in [6, 6.07) is -0.783. The zero-order valence-corrected chi connectivity index (χ0v) is 22.2. The Morgan fingerprint density at radius 2 is 1.82 bits per heavy atom. The van der Waals surface area contributed by atoms with Gasteiger partial charge in [-0.2, -0.15) is 0 Å². The number of halogens is 1. The van der Waals surface area contributed by atoms with Crippen LogP contribution in [0.1, 0.15) is 75.9 Å². The molecule has 2 aliphatic carbocycles. The van der Waals surface area contributed by atoms with Gasteiger partial charge in [0.15, 0.2) is 0 Å². The van der Waals surface area contributed by atoms with Gasteiger partial charge in [-0.1, -0.05) is 44.9 Å². The quantitative estimate of drug-likeness (QED) is 0.322. The van der Waals surface area contributed by atoms with Gasteiger partial charge in [0.2, 0.25) is 17.6 Å². The van der Waals surface area contributed by atoms with E-state index >= 15 is 0 Å². The number of carbonyl (C=O) groups excluding carboxylic acids is 3. The number of aromatic nitrogens is 2. The lowest BCUT2D eigenvalue weighted by atomic mass is 9.80. The van der Waals surface area contributed by atoms with Crippen LogP contribution in [0.2, 0.25) is 0 Å². The molecule has 0 bridgehead atoms. The molecule has 3 rings (SSSR count).